The van der Waals surface area contributed by atoms with Crippen LogP contribution in [0.15, 0.2) is 77.6 Å². The highest BCUT2D eigenvalue weighted by molar-refractivity contribution is 5.92. The van der Waals surface area contributed by atoms with Crippen molar-refractivity contribution in [1.82, 2.24) is 4.57 Å². The number of anilines is 2. The SMILES string of the molecule is COc1ccc2cc(CNc3ccc(C)cc3)c(=O)n(CC(=O)Nc3ccc(C)cc3)c2c1. The van der Waals surface area contributed by atoms with Crippen molar-refractivity contribution in [2.45, 2.75) is 26.9 Å². The Morgan fingerprint density at radius 1 is 0.879 bits per heavy atom. The largest absolute Gasteiger partial charge is 0.497 e. The van der Waals surface area contributed by atoms with Crippen molar-refractivity contribution >= 4 is 28.2 Å². The van der Waals surface area contributed by atoms with Gasteiger partial charge in [0, 0.05) is 29.5 Å². The molecule has 3 aromatic carbocycles. The number of carbonyl (C=O) groups is 1. The lowest BCUT2D eigenvalue weighted by atomic mass is 10.1. The summed E-state index contributed by atoms with van der Waals surface area (Å²) in [5.74, 6) is 0.355. The van der Waals surface area contributed by atoms with Crippen LogP contribution in [0.3, 0.4) is 0 Å². The standard InChI is InChI=1S/C27H27N3O3/c1-18-4-9-22(10-5-18)28-16-21-14-20-8-13-24(33-3)15-25(20)30(27(21)32)17-26(31)29-23-11-6-19(2)7-12-23/h4-15,28H,16-17H2,1-3H3,(H,29,31). The number of hydrogen-bond donors (Lipinski definition) is 2. The van der Waals surface area contributed by atoms with Crippen LogP contribution >= 0.6 is 0 Å². The number of methoxy groups -OCH3 is 1. The van der Waals surface area contributed by atoms with Gasteiger partial charge in [0.2, 0.25) is 5.91 Å². The maximum Gasteiger partial charge on any atom is 0.256 e. The van der Waals surface area contributed by atoms with Crippen molar-refractivity contribution in [3.05, 3.63) is 99.8 Å². The monoisotopic (exact) mass is 441 g/mol. The summed E-state index contributed by atoms with van der Waals surface area (Å²) in [6, 6.07) is 22.9. The summed E-state index contributed by atoms with van der Waals surface area (Å²) in [5, 5.41) is 7.04. The molecule has 0 unspecified atom stereocenters. The molecule has 0 saturated heterocycles. The molecule has 1 heterocycles. The Labute approximate surface area is 192 Å². The van der Waals surface area contributed by atoms with Gasteiger partial charge in [-0.2, -0.15) is 0 Å². The van der Waals surface area contributed by atoms with Crippen LogP contribution in [0.1, 0.15) is 16.7 Å². The molecule has 0 spiro atoms. The second-order valence-corrected chi connectivity index (χ2v) is 8.12. The molecule has 0 aliphatic carbocycles. The minimum absolute atomic E-state index is 0.102. The number of amides is 1. The molecule has 0 saturated carbocycles. The summed E-state index contributed by atoms with van der Waals surface area (Å²) >= 11 is 0. The molecule has 1 aromatic heterocycles. The van der Waals surface area contributed by atoms with E-state index >= 15 is 0 Å². The Hall–Kier alpha value is -4.06. The molecule has 0 radical (unpaired) electrons. The fraction of sp³-hybridized carbons (Fsp3) is 0.185. The van der Waals surface area contributed by atoms with Crippen LogP contribution < -0.4 is 20.9 Å². The van der Waals surface area contributed by atoms with E-state index in [1.54, 1.807) is 13.2 Å². The number of pyridine rings is 1. The van der Waals surface area contributed by atoms with E-state index in [1.807, 2.05) is 80.6 Å². The first-order valence-electron chi connectivity index (χ1n) is 10.8. The third-order valence-electron chi connectivity index (χ3n) is 5.55. The van der Waals surface area contributed by atoms with Crippen LogP contribution in [0.5, 0.6) is 5.75 Å². The first-order chi connectivity index (χ1) is 15.9. The summed E-state index contributed by atoms with van der Waals surface area (Å²) in [5.41, 5.74) is 4.91. The third-order valence-corrected chi connectivity index (χ3v) is 5.55. The number of aryl methyl sites for hydroxylation is 2. The van der Waals surface area contributed by atoms with E-state index in [1.165, 1.54) is 10.1 Å². The number of rotatable bonds is 7. The fourth-order valence-electron chi connectivity index (χ4n) is 3.67. The van der Waals surface area contributed by atoms with Crippen molar-refractivity contribution < 1.29 is 9.53 Å². The molecule has 0 aliphatic heterocycles. The minimum atomic E-state index is -0.270. The zero-order valence-corrected chi connectivity index (χ0v) is 19.0. The van der Waals surface area contributed by atoms with Crippen molar-refractivity contribution in [2.24, 2.45) is 0 Å². The van der Waals surface area contributed by atoms with Gasteiger partial charge in [-0.25, -0.2) is 0 Å². The lowest BCUT2D eigenvalue weighted by Crippen LogP contribution is -2.30. The first-order valence-corrected chi connectivity index (χ1v) is 10.8. The maximum atomic E-state index is 13.4. The van der Waals surface area contributed by atoms with Crippen molar-refractivity contribution in [2.75, 3.05) is 17.7 Å². The van der Waals surface area contributed by atoms with Crippen LogP contribution in [0.2, 0.25) is 0 Å². The van der Waals surface area contributed by atoms with E-state index in [9.17, 15) is 9.59 Å². The second kappa shape index (κ2) is 9.61. The van der Waals surface area contributed by atoms with Crippen molar-refractivity contribution in [1.29, 1.82) is 0 Å². The Kier molecular flexibility index (Phi) is 6.45. The molecule has 0 aliphatic rings. The van der Waals surface area contributed by atoms with Gasteiger partial charge in [-0.15, -0.1) is 0 Å². The smallest absolute Gasteiger partial charge is 0.256 e. The third kappa shape index (κ3) is 5.23. The number of carbonyl (C=O) groups excluding carboxylic acids is 1. The molecule has 2 N–H and O–H groups in total. The molecule has 6 nitrogen and oxygen atoms in total. The number of benzene rings is 3. The highest BCUT2D eigenvalue weighted by atomic mass is 16.5. The van der Waals surface area contributed by atoms with Gasteiger partial charge in [-0.05, 0) is 61.7 Å². The van der Waals surface area contributed by atoms with Gasteiger partial charge in [-0.3, -0.25) is 14.2 Å². The summed E-state index contributed by atoms with van der Waals surface area (Å²) in [7, 11) is 1.58. The Morgan fingerprint density at radius 3 is 2.15 bits per heavy atom. The number of nitrogens with zero attached hydrogens (tertiary/aromatic N) is 1. The van der Waals surface area contributed by atoms with Crippen molar-refractivity contribution in [3.63, 3.8) is 0 Å². The Bertz CT molecular complexity index is 1340. The fourth-order valence-corrected chi connectivity index (χ4v) is 3.67. The van der Waals surface area contributed by atoms with Gasteiger partial charge in [0.05, 0.1) is 12.6 Å². The van der Waals surface area contributed by atoms with E-state index in [-0.39, 0.29) is 18.0 Å². The van der Waals surface area contributed by atoms with Gasteiger partial charge in [-0.1, -0.05) is 35.4 Å². The highest BCUT2D eigenvalue weighted by Gasteiger charge is 2.14. The summed E-state index contributed by atoms with van der Waals surface area (Å²) in [6.45, 7) is 4.26. The van der Waals surface area contributed by atoms with Gasteiger partial charge >= 0.3 is 0 Å². The predicted octanol–water partition coefficient (Wildman–Crippen LogP) is 4.88. The molecule has 33 heavy (non-hydrogen) atoms. The quantitative estimate of drug-likeness (QED) is 0.429. The predicted molar refractivity (Wildman–Crippen MR) is 133 cm³/mol. The van der Waals surface area contributed by atoms with E-state index in [0.717, 1.165) is 16.6 Å². The van der Waals surface area contributed by atoms with Crippen LogP contribution in [0, 0.1) is 13.8 Å². The molecule has 4 rings (SSSR count). The van der Waals surface area contributed by atoms with Gasteiger partial charge < -0.3 is 15.4 Å². The van der Waals surface area contributed by atoms with Gasteiger partial charge in [0.1, 0.15) is 12.3 Å². The normalized spacial score (nSPS) is 10.8. The molecule has 0 atom stereocenters. The van der Waals surface area contributed by atoms with E-state index in [4.69, 9.17) is 4.74 Å². The van der Waals surface area contributed by atoms with Crippen LogP contribution in [-0.4, -0.2) is 17.6 Å². The average Bonchev–Trinajstić information content (AvgIpc) is 2.82. The summed E-state index contributed by atoms with van der Waals surface area (Å²) in [4.78, 5) is 26.2. The number of ether oxygens (including phenoxy) is 1. The Morgan fingerprint density at radius 2 is 1.52 bits per heavy atom. The molecule has 168 valence electrons. The van der Waals surface area contributed by atoms with Gasteiger partial charge in [0.15, 0.2) is 0 Å². The Balaban J connectivity index is 1.66. The van der Waals surface area contributed by atoms with E-state index in [2.05, 4.69) is 10.6 Å². The van der Waals surface area contributed by atoms with E-state index in [0.29, 0.717) is 29.1 Å². The summed E-state index contributed by atoms with van der Waals surface area (Å²) in [6.07, 6.45) is 0. The highest BCUT2D eigenvalue weighted by Crippen LogP contribution is 2.21. The number of hydrogen-bond acceptors (Lipinski definition) is 4. The first kappa shape index (κ1) is 22.1. The average molecular weight is 442 g/mol. The molecule has 0 bridgehead atoms. The van der Waals surface area contributed by atoms with Crippen molar-refractivity contribution in [3.8, 4) is 5.75 Å². The number of aromatic nitrogens is 1. The van der Waals surface area contributed by atoms with Crippen LogP contribution in [0.4, 0.5) is 11.4 Å². The van der Waals surface area contributed by atoms with Crippen LogP contribution in [-0.2, 0) is 17.9 Å². The molecular formula is C27H27N3O3. The maximum absolute atomic E-state index is 13.4. The number of fused-ring (bicyclic) bond motifs is 1. The lowest BCUT2D eigenvalue weighted by molar-refractivity contribution is -0.116. The second-order valence-electron chi connectivity index (χ2n) is 8.12. The molecular weight excluding hydrogens is 414 g/mol. The molecule has 4 aromatic rings. The zero-order chi connectivity index (χ0) is 23.4. The zero-order valence-electron chi connectivity index (χ0n) is 19.0. The van der Waals surface area contributed by atoms with E-state index < -0.39 is 0 Å². The summed E-state index contributed by atoms with van der Waals surface area (Å²) < 4.78 is 6.85. The minimum Gasteiger partial charge on any atom is -0.497 e. The van der Waals surface area contributed by atoms with Crippen LogP contribution in [0.25, 0.3) is 10.9 Å². The van der Waals surface area contributed by atoms with Gasteiger partial charge in [0.25, 0.3) is 5.56 Å². The molecule has 6 heteroatoms. The molecule has 1 amide bonds. The molecule has 0 fully saturated rings. The topological polar surface area (TPSA) is 72.4 Å². The lowest BCUT2D eigenvalue weighted by Gasteiger charge is -2.15. The number of nitrogens with one attached hydrogen (secondary N) is 2.